The summed E-state index contributed by atoms with van der Waals surface area (Å²) in [6.45, 7) is 1.54. The molecule has 1 aliphatic carbocycles. The van der Waals surface area contributed by atoms with Crippen LogP contribution < -0.4 is 11.2 Å². The number of nitrogens with two attached hydrogens (primary N) is 1. The summed E-state index contributed by atoms with van der Waals surface area (Å²) in [5, 5.41) is 19.6. The van der Waals surface area contributed by atoms with Gasteiger partial charge in [0, 0.05) is 48.0 Å². The van der Waals surface area contributed by atoms with Crippen molar-refractivity contribution in [3.05, 3.63) is 70.9 Å². The Hall–Kier alpha value is -3.13. The fraction of sp³-hybridized carbons (Fsp3) is 0.292. The van der Waals surface area contributed by atoms with Gasteiger partial charge in [-0.15, -0.1) is 0 Å². The third kappa shape index (κ3) is 4.49. The highest BCUT2D eigenvalue weighted by Gasteiger charge is 2.28. The third-order valence-electron chi connectivity index (χ3n) is 6.09. The van der Waals surface area contributed by atoms with Crippen LogP contribution in [0, 0.1) is 0 Å². The molecule has 3 aromatic rings. The predicted molar refractivity (Wildman–Crippen MR) is 122 cm³/mol. The summed E-state index contributed by atoms with van der Waals surface area (Å²) in [4.78, 5) is 16.9. The number of hydrogen-bond acceptors (Lipinski definition) is 5. The topological polar surface area (TPSA) is 115 Å². The van der Waals surface area contributed by atoms with Gasteiger partial charge in [0.25, 0.3) is 5.91 Å². The van der Waals surface area contributed by atoms with Crippen LogP contribution in [0.25, 0.3) is 17.0 Å². The number of fused-ring (bicyclic) bond motifs is 2. The summed E-state index contributed by atoms with van der Waals surface area (Å²) < 4.78 is 0. The number of carbonyl (C=O) groups excluding carboxylic acids is 1. The Kier molecular flexibility index (Phi) is 6.36. The lowest BCUT2D eigenvalue weighted by Gasteiger charge is -2.29. The second-order valence-corrected chi connectivity index (χ2v) is 7.91. The number of nitrogens with one attached hydrogen (secondary N) is 2. The summed E-state index contributed by atoms with van der Waals surface area (Å²) in [5.74, 6) is -0.593. The molecule has 0 spiro atoms. The highest BCUT2D eigenvalue weighted by Crippen LogP contribution is 2.38. The van der Waals surface area contributed by atoms with Crippen LogP contribution in [0.1, 0.15) is 34.7 Å². The van der Waals surface area contributed by atoms with Crippen molar-refractivity contribution in [2.24, 2.45) is 0 Å². The van der Waals surface area contributed by atoms with E-state index in [4.69, 9.17) is 10.9 Å². The molecule has 6 N–H and O–H groups in total. The summed E-state index contributed by atoms with van der Waals surface area (Å²) in [6.07, 6.45) is 7.71. The third-order valence-corrected chi connectivity index (χ3v) is 6.09. The number of benzene rings is 2. The molecule has 31 heavy (non-hydrogen) atoms. The number of aromatic nitrogens is 1. The van der Waals surface area contributed by atoms with Crippen molar-refractivity contribution in [2.75, 3.05) is 25.4 Å². The molecule has 1 heterocycles. The van der Waals surface area contributed by atoms with E-state index >= 15 is 0 Å². The Morgan fingerprint density at radius 1 is 1.29 bits per heavy atom. The molecule has 1 aliphatic rings. The zero-order valence-corrected chi connectivity index (χ0v) is 17.3. The first-order valence-electron chi connectivity index (χ1n) is 10.5. The minimum absolute atomic E-state index is 0.103. The molecule has 1 aromatic heterocycles. The van der Waals surface area contributed by atoms with Crippen LogP contribution in [0.2, 0.25) is 0 Å². The number of hydrogen-bond donors (Lipinski definition) is 5. The number of aryl methyl sites for hydroxylation is 1. The maximum atomic E-state index is 11.3. The number of hydroxylamine groups is 1. The highest BCUT2D eigenvalue weighted by atomic mass is 16.5. The van der Waals surface area contributed by atoms with Gasteiger partial charge in [-0.05, 0) is 65.8 Å². The van der Waals surface area contributed by atoms with Gasteiger partial charge in [0.2, 0.25) is 0 Å². The van der Waals surface area contributed by atoms with Gasteiger partial charge >= 0.3 is 0 Å². The van der Waals surface area contributed by atoms with E-state index in [1.165, 1.54) is 28.2 Å². The summed E-state index contributed by atoms with van der Waals surface area (Å²) >= 11 is 0. The minimum Gasteiger partial charge on any atom is -0.398 e. The zero-order valence-electron chi connectivity index (χ0n) is 17.3. The molecule has 1 amide bonds. The van der Waals surface area contributed by atoms with E-state index < -0.39 is 5.91 Å². The number of carbonyl (C=O) groups is 1. The number of nitrogen functional groups attached to an aromatic ring is 1. The van der Waals surface area contributed by atoms with Crippen LogP contribution in [-0.2, 0) is 17.6 Å². The number of anilines is 1. The Bertz CT molecular complexity index is 1110. The average Bonchev–Trinajstić information content (AvgIpc) is 3.38. The van der Waals surface area contributed by atoms with Crippen molar-refractivity contribution in [3.8, 4) is 0 Å². The quantitative estimate of drug-likeness (QED) is 0.166. The molecular formula is C24H28N4O3. The van der Waals surface area contributed by atoms with E-state index in [2.05, 4.69) is 34.3 Å². The van der Waals surface area contributed by atoms with Crippen molar-refractivity contribution in [2.45, 2.75) is 25.3 Å². The van der Waals surface area contributed by atoms with E-state index in [1.54, 1.807) is 11.6 Å². The van der Waals surface area contributed by atoms with Gasteiger partial charge in [0.05, 0.1) is 6.61 Å². The molecule has 0 radical (unpaired) electrons. The van der Waals surface area contributed by atoms with Crippen molar-refractivity contribution in [1.82, 2.24) is 15.4 Å². The molecule has 4 rings (SSSR count). The van der Waals surface area contributed by atoms with Gasteiger partial charge in [-0.25, -0.2) is 5.48 Å². The largest absolute Gasteiger partial charge is 0.398 e. The molecule has 0 fully saturated rings. The summed E-state index contributed by atoms with van der Waals surface area (Å²) in [7, 11) is 0. The number of aliphatic hydroxyl groups excluding tert-OH is 1. The van der Waals surface area contributed by atoms with Crippen molar-refractivity contribution < 1.29 is 15.1 Å². The average molecular weight is 421 g/mol. The van der Waals surface area contributed by atoms with Crippen LogP contribution in [0.4, 0.5) is 5.69 Å². The monoisotopic (exact) mass is 420 g/mol. The number of nitrogens with zero attached hydrogens (tertiary/aromatic N) is 1. The Balaban J connectivity index is 1.53. The summed E-state index contributed by atoms with van der Waals surface area (Å²) in [6, 6.07) is 12.5. The Morgan fingerprint density at radius 3 is 2.94 bits per heavy atom. The fourth-order valence-corrected chi connectivity index (χ4v) is 4.55. The van der Waals surface area contributed by atoms with Gasteiger partial charge in [0.15, 0.2) is 0 Å². The lowest BCUT2D eigenvalue weighted by atomic mass is 10.0. The van der Waals surface area contributed by atoms with E-state index in [9.17, 15) is 9.90 Å². The maximum absolute atomic E-state index is 11.3. The SMILES string of the molecule is Nc1cc2c(cc1/C=C/C(=O)NO)CCC2N(CCO)CCc1c[nH]c2ccccc12. The molecule has 162 valence electrons. The van der Waals surface area contributed by atoms with Gasteiger partial charge in [-0.2, -0.15) is 0 Å². The van der Waals surface area contributed by atoms with Crippen molar-refractivity contribution in [1.29, 1.82) is 0 Å². The number of rotatable bonds is 8. The number of aliphatic hydroxyl groups is 1. The lowest BCUT2D eigenvalue weighted by molar-refractivity contribution is -0.124. The van der Waals surface area contributed by atoms with Crippen LogP contribution in [0.5, 0.6) is 0 Å². The molecule has 2 aromatic carbocycles. The van der Waals surface area contributed by atoms with Crippen LogP contribution >= 0.6 is 0 Å². The van der Waals surface area contributed by atoms with Gasteiger partial charge < -0.3 is 15.8 Å². The normalized spacial score (nSPS) is 15.8. The van der Waals surface area contributed by atoms with Gasteiger partial charge in [-0.1, -0.05) is 18.2 Å². The van der Waals surface area contributed by atoms with E-state index in [-0.39, 0.29) is 12.6 Å². The molecule has 0 saturated heterocycles. The van der Waals surface area contributed by atoms with Crippen LogP contribution in [-0.4, -0.2) is 45.8 Å². The molecule has 1 unspecified atom stereocenters. The number of aromatic amines is 1. The van der Waals surface area contributed by atoms with Gasteiger partial charge in [-0.3, -0.25) is 14.9 Å². The first-order valence-corrected chi connectivity index (χ1v) is 10.5. The zero-order chi connectivity index (χ0) is 21.8. The van der Waals surface area contributed by atoms with E-state index in [0.29, 0.717) is 12.2 Å². The van der Waals surface area contributed by atoms with Gasteiger partial charge in [0.1, 0.15) is 0 Å². The lowest BCUT2D eigenvalue weighted by Crippen LogP contribution is -2.32. The fourth-order valence-electron chi connectivity index (χ4n) is 4.55. The van der Waals surface area contributed by atoms with E-state index in [0.717, 1.165) is 36.9 Å². The second-order valence-electron chi connectivity index (χ2n) is 7.91. The second kappa shape index (κ2) is 9.34. The molecule has 0 saturated carbocycles. The van der Waals surface area contributed by atoms with Crippen LogP contribution in [0.15, 0.2) is 48.7 Å². The molecule has 0 aliphatic heterocycles. The first-order chi connectivity index (χ1) is 15.1. The maximum Gasteiger partial charge on any atom is 0.267 e. The standard InChI is InChI=1S/C24H28N4O3/c25-21-14-20-16(13-17(21)6-8-24(30)27-31)5-7-23(20)28(11-12-29)10-9-18-15-26-22-4-2-1-3-19(18)22/h1-4,6,8,13-15,23,26,29,31H,5,7,9-12,25H2,(H,27,30)/b8-6+. The Labute approximate surface area is 181 Å². The molecular weight excluding hydrogens is 392 g/mol. The highest BCUT2D eigenvalue weighted by molar-refractivity contribution is 5.91. The smallest absolute Gasteiger partial charge is 0.267 e. The number of H-pyrrole nitrogens is 1. The molecule has 1 atom stereocenters. The van der Waals surface area contributed by atoms with Crippen LogP contribution in [0.3, 0.4) is 0 Å². The molecule has 7 nitrogen and oxygen atoms in total. The number of para-hydroxylation sites is 1. The molecule has 0 bridgehead atoms. The van der Waals surface area contributed by atoms with E-state index in [1.807, 2.05) is 18.2 Å². The molecule has 7 heteroatoms. The first kappa shape index (κ1) is 21.1. The Morgan fingerprint density at radius 2 is 2.13 bits per heavy atom. The summed E-state index contributed by atoms with van der Waals surface area (Å²) in [5.41, 5.74) is 14.0. The van der Waals surface area contributed by atoms with Crippen molar-refractivity contribution in [3.63, 3.8) is 0 Å². The van der Waals surface area contributed by atoms with Crippen molar-refractivity contribution >= 4 is 28.6 Å². The number of amides is 1. The predicted octanol–water partition coefficient (Wildman–Crippen LogP) is 2.79. The minimum atomic E-state index is -0.593.